The summed E-state index contributed by atoms with van der Waals surface area (Å²) >= 11 is 0. The van der Waals surface area contributed by atoms with Crippen molar-refractivity contribution in [3.8, 4) is 0 Å². The Kier molecular flexibility index (Phi) is 4.78. The summed E-state index contributed by atoms with van der Waals surface area (Å²) in [5.41, 5.74) is 5.86. The summed E-state index contributed by atoms with van der Waals surface area (Å²) in [6.07, 6.45) is 7.37. The fourth-order valence-corrected chi connectivity index (χ4v) is 3.04. The van der Waals surface area contributed by atoms with Crippen LogP contribution in [0, 0.1) is 0 Å². The summed E-state index contributed by atoms with van der Waals surface area (Å²) in [6.45, 7) is 7.77. The molecule has 2 aliphatic rings. The van der Waals surface area contributed by atoms with Crippen LogP contribution in [0.5, 0.6) is 0 Å². The van der Waals surface area contributed by atoms with E-state index in [1.54, 1.807) is 6.08 Å². The zero-order valence-corrected chi connectivity index (χ0v) is 11.2. The first-order chi connectivity index (χ1) is 8.72. The lowest BCUT2D eigenvalue weighted by molar-refractivity contribution is -0.131. The molecule has 4 nitrogen and oxygen atoms in total. The first-order valence-corrected chi connectivity index (χ1v) is 7.11. The molecule has 0 aromatic rings. The minimum absolute atomic E-state index is 0.0920. The van der Waals surface area contributed by atoms with E-state index in [4.69, 9.17) is 5.73 Å². The van der Waals surface area contributed by atoms with Crippen molar-refractivity contribution in [3.05, 3.63) is 12.7 Å². The summed E-state index contributed by atoms with van der Waals surface area (Å²) in [4.78, 5) is 16.6. The summed E-state index contributed by atoms with van der Waals surface area (Å²) < 4.78 is 0. The van der Waals surface area contributed by atoms with Gasteiger partial charge in [-0.25, -0.2) is 0 Å². The second-order valence-corrected chi connectivity index (χ2v) is 5.45. The number of hydrogen-bond acceptors (Lipinski definition) is 3. The lowest BCUT2D eigenvalue weighted by atomic mass is 10.1. The molecule has 0 radical (unpaired) electrons. The number of carbonyl (C=O) groups excluding carboxylic acids is 1. The Morgan fingerprint density at radius 2 is 2.06 bits per heavy atom. The lowest BCUT2D eigenvalue weighted by Crippen LogP contribution is -2.45. The Labute approximate surface area is 110 Å². The van der Waals surface area contributed by atoms with Crippen molar-refractivity contribution in [2.45, 2.75) is 44.2 Å². The van der Waals surface area contributed by atoms with Gasteiger partial charge in [0.1, 0.15) is 0 Å². The van der Waals surface area contributed by atoms with Crippen LogP contribution >= 0.6 is 0 Å². The molecule has 0 aromatic heterocycles. The molecule has 2 fully saturated rings. The molecule has 102 valence electrons. The smallest absolute Gasteiger partial charge is 0.239 e. The van der Waals surface area contributed by atoms with Gasteiger partial charge in [0.2, 0.25) is 5.91 Å². The fraction of sp³-hybridized carbons (Fsp3) is 0.786. The molecule has 0 saturated carbocycles. The van der Waals surface area contributed by atoms with Gasteiger partial charge in [0.25, 0.3) is 0 Å². The van der Waals surface area contributed by atoms with Crippen LogP contribution in [0.15, 0.2) is 12.7 Å². The Morgan fingerprint density at radius 1 is 1.33 bits per heavy atom. The van der Waals surface area contributed by atoms with Gasteiger partial charge >= 0.3 is 0 Å². The number of rotatable bonds is 4. The largest absolute Gasteiger partial charge is 0.340 e. The number of nitrogens with zero attached hydrogens (tertiary/aromatic N) is 2. The van der Waals surface area contributed by atoms with Crippen LogP contribution < -0.4 is 5.73 Å². The summed E-state index contributed by atoms with van der Waals surface area (Å²) in [6, 6.07) is 0.160. The Balaban J connectivity index is 1.83. The first kappa shape index (κ1) is 13.6. The molecule has 1 amide bonds. The number of carbonyl (C=O) groups is 1. The molecule has 0 spiro atoms. The first-order valence-electron chi connectivity index (χ1n) is 7.11. The second-order valence-electron chi connectivity index (χ2n) is 5.45. The molecule has 2 N–H and O–H groups in total. The average molecular weight is 251 g/mol. The molecule has 4 heteroatoms. The molecular formula is C14H25N3O. The molecule has 0 aliphatic carbocycles. The highest BCUT2D eigenvalue weighted by Crippen LogP contribution is 2.20. The van der Waals surface area contributed by atoms with Gasteiger partial charge in [0.05, 0.1) is 6.04 Å². The predicted molar refractivity (Wildman–Crippen MR) is 73.2 cm³/mol. The van der Waals surface area contributed by atoms with Crippen LogP contribution in [0.1, 0.15) is 32.1 Å². The Bertz CT molecular complexity index is 299. The molecule has 2 unspecified atom stereocenters. The van der Waals surface area contributed by atoms with E-state index < -0.39 is 6.04 Å². The molecule has 18 heavy (non-hydrogen) atoms. The molecule has 2 rings (SSSR count). The van der Waals surface area contributed by atoms with Gasteiger partial charge in [0, 0.05) is 19.1 Å². The molecular weight excluding hydrogens is 226 g/mol. The normalized spacial score (nSPS) is 27.2. The Hall–Kier alpha value is -0.870. The van der Waals surface area contributed by atoms with Crippen LogP contribution in [0.4, 0.5) is 0 Å². The summed E-state index contributed by atoms with van der Waals surface area (Å²) in [7, 11) is 0. The van der Waals surface area contributed by atoms with Crippen molar-refractivity contribution in [1.29, 1.82) is 0 Å². The number of piperidine rings is 1. The zero-order valence-electron chi connectivity index (χ0n) is 11.2. The Morgan fingerprint density at radius 3 is 2.72 bits per heavy atom. The monoisotopic (exact) mass is 251 g/mol. The number of likely N-dealkylation sites (tertiary alicyclic amines) is 2. The van der Waals surface area contributed by atoms with Gasteiger partial charge < -0.3 is 10.6 Å². The van der Waals surface area contributed by atoms with Gasteiger partial charge in [-0.15, -0.1) is 6.58 Å². The molecule has 2 aliphatic heterocycles. The van der Waals surface area contributed by atoms with Crippen molar-refractivity contribution in [2.75, 3.05) is 26.2 Å². The van der Waals surface area contributed by atoms with Crippen molar-refractivity contribution in [2.24, 2.45) is 5.73 Å². The van der Waals surface area contributed by atoms with Gasteiger partial charge in [-0.05, 0) is 38.8 Å². The van der Waals surface area contributed by atoms with Gasteiger partial charge in [-0.3, -0.25) is 9.69 Å². The maximum atomic E-state index is 12.1. The van der Waals surface area contributed by atoms with Crippen LogP contribution in [0.3, 0.4) is 0 Å². The SMILES string of the molecule is C=CCC(N)C(=O)N1CCC(N2CCCCC2)C1. The van der Waals surface area contributed by atoms with E-state index >= 15 is 0 Å². The van der Waals surface area contributed by atoms with E-state index in [0.29, 0.717) is 12.5 Å². The third-order valence-electron chi connectivity index (χ3n) is 4.12. The maximum absolute atomic E-state index is 12.1. The highest BCUT2D eigenvalue weighted by atomic mass is 16.2. The van der Waals surface area contributed by atoms with Crippen molar-refractivity contribution in [3.63, 3.8) is 0 Å². The number of amides is 1. The fourth-order valence-electron chi connectivity index (χ4n) is 3.04. The summed E-state index contributed by atoms with van der Waals surface area (Å²) in [5, 5.41) is 0. The van der Waals surface area contributed by atoms with Gasteiger partial charge in [0.15, 0.2) is 0 Å². The molecule has 2 atom stereocenters. The van der Waals surface area contributed by atoms with E-state index in [0.717, 1.165) is 19.5 Å². The van der Waals surface area contributed by atoms with Gasteiger partial charge in [-0.1, -0.05) is 12.5 Å². The predicted octanol–water partition coefficient (Wildman–Crippen LogP) is 0.977. The van der Waals surface area contributed by atoms with E-state index in [1.165, 1.54) is 32.4 Å². The van der Waals surface area contributed by atoms with E-state index in [9.17, 15) is 4.79 Å². The van der Waals surface area contributed by atoms with Crippen LogP contribution in [0.25, 0.3) is 0 Å². The van der Waals surface area contributed by atoms with Crippen molar-refractivity contribution < 1.29 is 4.79 Å². The standard InChI is InChI=1S/C14H25N3O/c1-2-6-13(15)14(18)17-10-7-12(11-17)16-8-4-3-5-9-16/h2,12-13H,1,3-11,15H2. The lowest BCUT2D eigenvalue weighted by Gasteiger charge is -2.32. The van der Waals surface area contributed by atoms with E-state index in [-0.39, 0.29) is 5.91 Å². The minimum Gasteiger partial charge on any atom is -0.340 e. The van der Waals surface area contributed by atoms with Gasteiger partial charge in [-0.2, -0.15) is 0 Å². The van der Waals surface area contributed by atoms with Crippen molar-refractivity contribution in [1.82, 2.24) is 9.80 Å². The summed E-state index contributed by atoms with van der Waals surface area (Å²) in [5.74, 6) is 0.0920. The number of nitrogens with two attached hydrogens (primary N) is 1. The van der Waals surface area contributed by atoms with E-state index in [2.05, 4.69) is 11.5 Å². The molecule has 2 heterocycles. The quantitative estimate of drug-likeness (QED) is 0.758. The average Bonchev–Trinajstić information content (AvgIpc) is 2.89. The molecule has 0 aromatic carbocycles. The highest BCUT2D eigenvalue weighted by molar-refractivity contribution is 5.82. The topological polar surface area (TPSA) is 49.6 Å². The molecule has 2 saturated heterocycles. The number of hydrogen-bond donors (Lipinski definition) is 1. The third kappa shape index (κ3) is 3.12. The molecule has 0 bridgehead atoms. The maximum Gasteiger partial charge on any atom is 0.239 e. The van der Waals surface area contributed by atoms with Crippen LogP contribution in [-0.4, -0.2) is 54.0 Å². The minimum atomic E-state index is -0.400. The highest BCUT2D eigenvalue weighted by Gasteiger charge is 2.32. The van der Waals surface area contributed by atoms with Crippen molar-refractivity contribution >= 4 is 5.91 Å². The second kappa shape index (κ2) is 6.34. The van der Waals surface area contributed by atoms with E-state index in [1.807, 2.05) is 4.90 Å². The zero-order chi connectivity index (χ0) is 13.0. The third-order valence-corrected chi connectivity index (χ3v) is 4.12. The van der Waals surface area contributed by atoms with Crippen LogP contribution in [0.2, 0.25) is 0 Å². The van der Waals surface area contributed by atoms with Crippen LogP contribution in [-0.2, 0) is 4.79 Å².